The number of hydrogen-bond acceptors (Lipinski definition) is 2. The third-order valence-electron chi connectivity index (χ3n) is 3.81. The normalized spacial score (nSPS) is 22.6. The van der Waals surface area contributed by atoms with Crippen molar-refractivity contribution in [2.75, 3.05) is 13.1 Å². The van der Waals surface area contributed by atoms with Crippen molar-refractivity contribution in [2.24, 2.45) is 0 Å². The molecule has 3 heteroatoms. The predicted molar refractivity (Wildman–Crippen MR) is 80.8 cm³/mol. The Morgan fingerprint density at radius 1 is 1.28 bits per heavy atom. The van der Waals surface area contributed by atoms with Gasteiger partial charge in [0.2, 0.25) is 0 Å². The van der Waals surface area contributed by atoms with Crippen molar-refractivity contribution in [3.05, 3.63) is 34.3 Å². The molecule has 1 aliphatic heterocycles. The van der Waals surface area contributed by atoms with Crippen LogP contribution in [0.3, 0.4) is 0 Å². The van der Waals surface area contributed by atoms with Crippen molar-refractivity contribution in [1.82, 2.24) is 10.2 Å². The Kier molecular flexibility index (Phi) is 4.82. The average molecular weight is 311 g/mol. The van der Waals surface area contributed by atoms with Gasteiger partial charge in [0.15, 0.2) is 0 Å². The summed E-state index contributed by atoms with van der Waals surface area (Å²) >= 11 is 3.63. The number of halogens is 1. The number of nitrogens with one attached hydrogen (secondary N) is 1. The third kappa shape index (κ3) is 3.34. The van der Waals surface area contributed by atoms with Crippen LogP contribution in [0.2, 0.25) is 0 Å². The molecule has 0 spiro atoms. The van der Waals surface area contributed by atoms with Crippen molar-refractivity contribution >= 4 is 15.9 Å². The van der Waals surface area contributed by atoms with Crippen molar-refractivity contribution in [3.63, 3.8) is 0 Å². The molecule has 1 N–H and O–H groups in total. The molecule has 0 amide bonds. The largest absolute Gasteiger partial charge is 0.306 e. The first-order valence-electron chi connectivity index (χ1n) is 6.82. The molecule has 1 saturated heterocycles. The Balaban J connectivity index is 1.93. The van der Waals surface area contributed by atoms with Gasteiger partial charge >= 0.3 is 0 Å². The number of nitrogens with zero attached hydrogens (tertiary/aromatic N) is 1. The SMILES string of the molecule is CC(NC1CCN(C(C)C)C1)c1ccccc1Br. The second-order valence-corrected chi connectivity index (χ2v) is 6.34. The maximum absolute atomic E-state index is 3.75. The van der Waals surface area contributed by atoms with E-state index in [1.165, 1.54) is 29.5 Å². The Hall–Kier alpha value is -0.380. The van der Waals surface area contributed by atoms with E-state index in [9.17, 15) is 0 Å². The van der Waals surface area contributed by atoms with Crippen LogP contribution in [0.15, 0.2) is 28.7 Å². The minimum absolute atomic E-state index is 0.401. The molecular formula is C15H23BrN2. The highest BCUT2D eigenvalue weighted by atomic mass is 79.9. The third-order valence-corrected chi connectivity index (χ3v) is 4.53. The van der Waals surface area contributed by atoms with Gasteiger partial charge in [-0.05, 0) is 45.4 Å². The van der Waals surface area contributed by atoms with E-state index in [0.29, 0.717) is 18.1 Å². The first-order valence-corrected chi connectivity index (χ1v) is 7.61. The fraction of sp³-hybridized carbons (Fsp3) is 0.600. The summed E-state index contributed by atoms with van der Waals surface area (Å²) in [6.07, 6.45) is 1.26. The van der Waals surface area contributed by atoms with E-state index < -0.39 is 0 Å². The molecule has 2 rings (SSSR count). The van der Waals surface area contributed by atoms with E-state index in [1.807, 2.05) is 0 Å². The van der Waals surface area contributed by atoms with Crippen LogP contribution in [0, 0.1) is 0 Å². The summed E-state index contributed by atoms with van der Waals surface area (Å²) in [7, 11) is 0. The van der Waals surface area contributed by atoms with Gasteiger partial charge in [0, 0.05) is 29.1 Å². The van der Waals surface area contributed by atoms with Crippen LogP contribution in [-0.4, -0.2) is 30.1 Å². The molecule has 18 heavy (non-hydrogen) atoms. The summed E-state index contributed by atoms with van der Waals surface area (Å²) in [5.74, 6) is 0. The summed E-state index contributed by atoms with van der Waals surface area (Å²) in [4.78, 5) is 2.55. The molecule has 1 heterocycles. The molecule has 0 radical (unpaired) electrons. The van der Waals surface area contributed by atoms with E-state index in [-0.39, 0.29) is 0 Å². The molecule has 1 fully saturated rings. The number of benzene rings is 1. The molecule has 1 aliphatic rings. The summed E-state index contributed by atoms with van der Waals surface area (Å²) in [5.41, 5.74) is 1.35. The maximum Gasteiger partial charge on any atom is 0.0306 e. The Morgan fingerprint density at radius 3 is 2.61 bits per heavy atom. The van der Waals surface area contributed by atoms with Gasteiger partial charge in [0.25, 0.3) is 0 Å². The Labute approximate surface area is 119 Å². The van der Waals surface area contributed by atoms with Crippen LogP contribution in [0.5, 0.6) is 0 Å². The molecule has 2 unspecified atom stereocenters. The van der Waals surface area contributed by atoms with Gasteiger partial charge in [0.1, 0.15) is 0 Å². The topological polar surface area (TPSA) is 15.3 Å². The Bertz CT molecular complexity index is 392. The summed E-state index contributed by atoms with van der Waals surface area (Å²) in [6, 6.07) is 10.2. The molecule has 100 valence electrons. The summed E-state index contributed by atoms with van der Waals surface area (Å²) in [6.45, 7) is 9.20. The number of likely N-dealkylation sites (tertiary alicyclic amines) is 1. The zero-order valence-electron chi connectivity index (χ0n) is 11.5. The quantitative estimate of drug-likeness (QED) is 0.914. The van der Waals surface area contributed by atoms with Crippen LogP contribution in [0.1, 0.15) is 38.8 Å². The van der Waals surface area contributed by atoms with Gasteiger partial charge in [0.05, 0.1) is 0 Å². The molecule has 0 aromatic heterocycles. The lowest BCUT2D eigenvalue weighted by atomic mass is 10.1. The highest BCUT2D eigenvalue weighted by molar-refractivity contribution is 9.10. The molecule has 2 atom stereocenters. The molecule has 0 bridgehead atoms. The maximum atomic E-state index is 3.75. The zero-order chi connectivity index (χ0) is 13.1. The fourth-order valence-corrected chi connectivity index (χ4v) is 3.29. The monoisotopic (exact) mass is 310 g/mol. The van der Waals surface area contributed by atoms with E-state index >= 15 is 0 Å². The molecule has 0 saturated carbocycles. The predicted octanol–water partition coefficient (Wildman–Crippen LogP) is 3.58. The lowest BCUT2D eigenvalue weighted by molar-refractivity contribution is 0.266. The standard InChI is InChI=1S/C15H23BrN2/c1-11(2)18-9-8-13(10-18)17-12(3)14-6-4-5-7-15(14)16/h4-7,11-13,17H,8-10H2,1-3H3. The highest BCUT2D eigenvalue weighted by Crippen LogP contribution is 2.24. The van der Waals surface area contributed by atoms with Crippen molar-refractivity contribution in [2.45, 2.75) is 45.3 Å². The van der Waals surface area contributed by atoms with Crippen molar-refractivity contribution in [3.8, 4) is 0 Å². The fourth-order valence-electron chi connectivity index (χ4n) is 2.66. The molecule has 2 nitrogen and oxygen atoms in total. The van der Waals surface area contributed by atoms with Crippen LogP contribution >= 0.6 is 15.9 Å². The van der Waals surface area contributed by atoms with Crippen LogP contribution in [-0.2, 0) is 0 Å². The van der Waals surface area contributed by atoms with Gasteiger partial charge in [-0.25, -0.2) is 0 Å². The number of hydrogen-bond donors (Lipinski definition) is 1. The highest BCUT2D eigenvalue weighted by Gasteiger charge is 2.25. The first-order chi connectivity index (χ1) is 8.58. The van der Waals surface area contributed by atoms with E-state index in [2.05, 4.69) is 71.2 Å². The van der Waals surface area contributed by atoms with E-state index in [4.69, 9.17) is 0 Å². The van der Waals surface area contributed by atoms with Gasteiger partial charge in [-0.2, -0.15) is 0 Å². The molecule has 1 aromatic carbocycles. The van der Waals surface area contributed by atoms with Gasteiger partial charge in [-0.3, -0.25) is 4.90 Å². The second-order valence-electron chi connectivity index (χ2n) is 5.48. The summed E-state index contributed by atoms with van der Waals surface area (Å²) < 4.78 is 1.20. The molecular weight excluding hydrogens is 288 g/mol. The lowest BCUT2D eigenvalue weighted by Gasteiger charge is -2.23. The van der Waals surface area contributed by atoms with Gasteiger partial charge in [-0.15, -0.1) is 0 Å². The summed E-state index contributed by atoms with van der Waals surface area (Å²) in [5, 5.41) is 3.75. The van der Waals surface area contributed by atoms with Crippen LogP contribution in [0.25, 0.3) is 0 Å². The first kappa shape index (κ1) is 14.0. The second kappa shape index (κ2) is 6.18. The van der Waals surface area contributed by atoms with Gasteiger partial charge in [-0.1, -0.05) is 34.1 Å². The molecule has 0 aliphatic carbocycles. The lowest BCUT2D eigenvalue weighted by Crippen LogP contribution is -2.36. The van der Waals surface area contributed by atoms with E-state index in [1.54, 1.807) is 0 Å². The number of rotatable bonds is 4. The molecule has 1 aromatic rings. The average Bonchev–Trinajstić information content (AvgIpc) is 2.78. The van der Waals surface area contributed by atoms with Crippen LogP contribution < -0.4 is 5.32 Å². The minimum Gasteiger partial charge on any atom is -0.306 e. The zero-order valence-corrected chi connectivity index (χ0v) is 13.1. The van der Waals surface area contributed by atoms with Gasteiger partial charge < -0.3 is 5.32 Å². The van der Waals surface area contributed by atoms with Crippen molar-refractivity contribution in [1.29, 1.82) is 0 Å². The minimum atomic E-state index is 0.401. The van der Waals surface area contributed by atoms with Crippen LogP contribution in [0.4, 0.5) is 0 Å². The van der Waals surface area contributed by atoms with Crippen molar-refractivity contribution < 1.29 is 0 Å². The van der Waals surface area contributed by atoms with E-state index in [0.717, 1.165) is 0 Å². The Morgan fingerprint density at radius 2 is 2.00 bits per heavy atom. The smallest absolute Gasteiger partial charge is 0.0306 e.